The summed E-state index contributed by atoms with van der Waals surface area (Å²) in [6.45, 7) is 3.55. The smallest absolute Gasteiger partial charge is 0.289 e. The molecule has 0 bridgehead atoms. The minimum atomic E-state index is -0.506. The molecular weight excluding hydrogens is 409 g/mol. The first kappa shape index (κ1) is 21.7. The van der Waals surface area contributed by atoms with Crippen molar-refractivity contribution in [3.8, 4) is 0 Å². The highest BCUT2D eigenvalue weighted by Crippen LogP contribution is 2.28. The van der Waals surface area contributed by atoms with Gasteiger partial charge >= 0.3 is 0 Å². The van der Waals surface area contributed by atoms with Crippen LogP contribution in [0.1, 0.15) is 63.8 Å². The number of piperidine rings is 1. The summed E-state index contributed by atoms with van der Waals surface area (Å²) in [5.74, 6) is -0.640. The molecule has 32 heavy (non-hydrogen) atoms. The van der Waals surface area contributed by atoms with Gasteiger partial charge in [0.1, 0.15) is 5.82 Å². The molecule has 1 saturated heterocycles. The second-order valence-corrected chi connectivity index (χ2v) is 8.18. The molecular formula is C25H26FN3O3. The molecule has 1 aliphatic heterocycles. The van der Waals surface area contributed by atoms with Crippen molar-refractivity contribution in [3.63, 3.8) is 0 Å². The van der Waals surface area contributed by atoms with Crippen molar-refractivity contribution in [2.45, 2.75) is 31.6 Å². The number of rotatable bonds is 6. The Labute approximate surface area is 186 Å². The zero-order valence-electron chi connectivity index (χ0n) is 18.0. The van der Waals surface area contributed by atoms with Crippen LogP contribution in [-0.2, 0) is 0 Å². The maximum absolute atomic E-state index is 13.9. The van der Waals surface area contributed by atoms with E-state index in [2.05, 4.69) is 17.4 Å². The number of benzene rings is 2. The Hall–Kier alpha value is -3.48. The predicted molar refractivity (Wildman–Crippen MR) is 118 cm³/mol. The third-order valence-electron chi connectivity index (χ3n) is 5.99. The number of nitrogens with one attached hydrogen (secondary N) is 1. The van der Waals surface area contributed by atoms with E-state index in [0.717, 1.165) is 5.56 Å². The third-order valence-corrected chi connectivity index (χ3v) is 5.99. The van der Waals surface area contributed by atoms with Gasteiger partial charge < -0.3 is 14.7 Å². The summed E-state index contributed by atoms with van der Waals surface area (Å²) in [4.78, 5) is 26.7. The zero-order chi connectivity index (χ0) is 22.5. The lowest BCUT2D eigenvalue weighted by Gasteiger charge is -2.31. The lowest BCUT2D eigenvalue weighted by atomic mass is 9.93. The Kier molecular flexibility index (Phi) is 6.63. The first-order valence-corrected chi connectivity index (χ1v) is 10.9. The number of nitrogens with zero attached hydrogens (tertiary/aromatic N) is 2. The molecule has 0 aliphatic carbocycles. The van der Waals surface area contributed by atoms with Crippen LogP contribution in [0.15, 0.2) is 65.2 Å². The van der Waals surface area contributed by atoms with E-state index >= 15 is 0 Å². The third kappa shape index (κ3) is 4.88. The molecule has 6 nitrogen and oxygen atoms in total. The van der Waals surface area contributed by atoms with Gasteiger partial charge in [0.05, 0.1) is 11.3 Å². The molecule has 1 aromatic heterocycles. The Morgan fingerprint density at radius 3 is 2.53 bits per heavy atom. The topological polar surface area (TPSA) is 75.4 Å². The van der Waals surface area contributed by atoms with Gasteiger partial charge in [-0.05, 0) is 36.5 Å². The molecule has 1 atom stereocenters. The number of likely N-dealkylation sites (tertiary alicyclic amines) is 1. The van der Waals surface area contributed by atoms with Gasteiger partial charge in [-0.3, -0.25) is 9.59 Å². The monoisotopic (exact) mass is 435 g/mol. The average molecular weight is 435 g/mol. The molecule has 166 valence electrons. The number of halogens is 1. The highest BCUT2D eigenvalue weighted by Gasteiger charge is 2.28. The number of amides is 2. The molecule has 2 heterocycles. The molecule has 2 aromatic carbocycles. The van der Waals surface area contributed by atoms with Crippen LogP contribution in [-0.4, -0.2) is 41.5 Å². The van der Waals surface area contributed by atoms with Crippen LogP contribution in [0, 0.1) is 5.82 Å². The van der Waals surface area contributed by atoms with Gasteiger partial charge in [0, 0.05) is 31.6 Å². The van der Waals surface area contributed by atoms with E-state index in [9.17, 15) is 14.0 Å². The molecule has 0 radical (unpaired) electrons. The van der Waals surface area contributed by atoms with Crippen molar-refractivity contribution in [1.29, 1.82) is 0 Å². The molecule has 7 heteroatoms. The van der Waals surface area contributed by atoms with Crippen molar-refractivity contribution in [2.24, 2.45) is 0 Å². The summed E-state index contributed by atoms with van der Waals surface area (Å²) in [5, 5.41) is 6.99. The van der Waals surface area contributed by atoms with Crippen LogP contribution in [0.3, 0.4) is 0 Å². The van der Waals surface area contributed by atoms with E-state index in [1.165, 1.54) is 12.1 Å². The first-order valence-electron chi connectivity index (χ1n) is 10.9. The summed E-state index contributed by atoms with van der Waals surface area (Å²) < 4.78 is 19.2. The van der Waals surface area contributed by atoms with E-state index in [0.29, 0.717) is 38.2 Å². The van der Waals surface area contributed by atoms with Gasteiger partial charge in [0.25, 0.3) is 11.8 Å². The van der Waals surface area contributed by atoms with Crippen LogP contribution in [0.2, 0.25) is 0 Å². The van der Waals surface area contributed by atoms with E-state index in [-0.39, 0.29) is 35.0 Å². The summed E-state index contributed by atoms with van der Waals surface area (Å²) in [7, 11) is 0. The minimum Gasteiger partial charge on any atom is -0.351 e. The Balaban J connectivity index is 1.30. The van der Waals surface area contributed by atoms with Crippen molar-refractivity contribution < 1.29 is 18.5 Å². The van der Waals surface area contributed by atoms with Gasteiger partial charge in [-0.2, -0.15) is 0 Å². The van der Waals surface area contributed by atoms with E-state index in [1.54, 1.807) is 23.1 Å². The average Bonchev–Trinajstić information content (AvgIpc) is 3.33. The molecule has 1 fully saturated rings. The van der Waals surface area contributed by atoms with Crippen molar-refractivity contribution >= 4 is 11.8 Å². The van der Waals surface area contributed by atoms with Crippen LogP contribution < -0.4 is 5.32 Å². The number of hydrogen-bond donors (Lipinski definition) is 1. The lowest BCUT2D eigenvalue weighted by Crippen LogP contribution is -2.38. The largest absolute Gasteiger partial charge is 0.351 e. The van der Waals surface area contributed by atoms with Crippen molar-refractivity contribution in [3.05, 3.63) is 89.1 Å². The normalized spacial score (nSPS) is 15.4. The second kappa shape index (κ2) is 9.77. The van der Waals surface area contributed by atoms with Crippen LogP contribution in [0.25, 0.3) is 0 Å². The maximum Gasteiger partial charge on any atom is 0.289 e. The molecule has 2 amide bonds. The lowest BCUT2D eigenvalue weighted by molar-refractivity contribution is 0.0706. The van der Waals surface area contributed by atoms with Gasteiger partial charge in [0.15, 0.2) is 0 Å². The van der Waals surface area contributed by atoms with Crippen LogP contribution in [0.4, 0.5) is 4.39 Å². The van der Waals surface area contributed by atoms with Crippen molar-refractivity contribution in [2.75, 3.05) is 19.6 Å². The van der Waals surface area contributed by atoms with E-state index in [4.69, 9.17) is 4.52 Å². The Morgan fingerprint density at radius 1 is 1.12 bits per heavy atom. The fraction of sp³-hybridized carbons (Fsp3) is 0.320. The molecule has 4 rings (SSSR count). The molecule has 1 N–H and O–H groups in total. The summed E-state index contributed by atoms with van der Waals surface area (Å²) in [6.07, 6.45) is 1.36. The van der Waals surface area contributed by atoms with Gasteiger partial charge in [-0.15, -0.1) is 0 Å². The Morgan fingerprint density at radius 2 is 1.81 bits per heavy atom. The number of carbonyl (C=O) groups excluding carboxylic acids is 2. The van der Waals surface area contributed by atoms with E-state index < -0.39 is 5.82 Å². The molecule has 1 unspecified atom stereocenters. The summed E-state index contributed by atoms with van der Waals surface area (Å²) in [5.41, 5.74) is 1.96. The summed E-state index contributed by atoms with van der Waals surface area (Å²) >= 11 is 0. The highest BCUT2D eigenvalue weighted by molar-refractivity contribution is 5.94. The predicted octanol–water partition coefficient (Wildman–Crippen LogP) is 4.37. The molecule has 1 aliphatic rings. The molecule has 0 spiro atoms. The van der Waals surface area contributed by atoms with Crippen LogP contribution in [0.5, 0.6) is 0 Å². The number of aromatic nitrogens is 1. The highest BCUT2D eigenvalue weighted by atomic mass is 19.1. The summed E-state index contributed by atoms with van der Waals surface area (Å²) in [6, 6.07) is 17.7. The fourth-order valence-electron chi connectivity index (χ4n) is 4.00. The number of carbonyl (C=O) groups is 2. The van der Waals surface area contributed by atoms with Crippen LogP contribution >= 0.6 is 0 Å². The zero-order valence-corrected chi connectivity index (χ0v) is 18.0. The van der Waals surface area contributed by atoms with E-state index in [1.807, 2.05) is 30.3 Å². The van der Waals surface area contributed by atoms with Gasteiger partial charge in [0.2, 0.25) is 5.76 Å². The number of hydrogen-bond acceptors (Lipinski definition) is 4. The SMILES string of the molecule is CC(CNC(=O)c1cc(C2CCN(C(=O)c3ccccc3F)CC2)no1)c1ccccc1. The molecule has 0 saturated carbocycles. The maximum atomic E-state index is 13.9. The standard InChI is InChI=1S/C25H26FN3O3/c1-17(18-7-3-2-4-8-18)16-27-24(30)23-15-22(28-32-23)19-11-13-29(14-12-19)25(31)20-9-5-6-10-21(20)26/h2-10,15,17,19H,11-14,16H2,1H3,(H,27,30). The quantitative estimate of drug-likeness (QED) is 0.624. The van der Waals surface area contributed by atoms with Gasteiger partial charge in [-0.25, -0.2) is 4.39 Å². The first-order chi connectivity index (χ1) is 15.5. The van der Waals surface area contributed by atoms with Crippen molar-refractivity contribution in [1.82, 2.24) is 15.4 Å². The fourth-order valence-corrected chi connectivity index (χ4v) is 4.00. The second-order valence-electron chi connectivity index (χ2n) is 8.18. The minimum absolute atomic E-state index is 0.0909. The Bertz CT molecular complexity index is 1070. The molecule has 3 aromatic rings. The van der Waals surface area contributed by atoms with Gasteiger partial charge in [-0.1, -0.05) is 54.5 Å².